The molecule has 8 heteroatoms. The highest BCUT2D eigenvalue weighted by Gasteiger charge is 2.37. The number of likely N-dealkylation sites (tertiary alicyclic amines) is 1. The first kappa shape index (κ1) is 18.0. The van der Waals surface area contributed by atoms with Gasteiger partial charge in [-0.1, -0.05) is 12.1 Å². The lowest BCUT2D eigenvalue weighted by Gasteiger charge is -2.19. The van der Waals surface area contributed by atoms with Crippen LogP contribution < -0.4 is 10.4 Å². The van der Waals surface area contributed by atoms with Crippen molar-refractivity contribution in [2.75, 3.05) is 13.1 Å². The molecule has 0 bridgehead atoms. The summed E-state index contributed by atoms with van der Waals surface area (Å²) in [6, 6.07) is 7.45. The van der Waals surface area contributed by atoms with Crippen molar-refractivity contribution < 1.29 is 27.1 Å². The van der Waals surface area contributed by atoms with Crippen LogP contribution in [0.3, 0.4) is 0 Å². The fourth-order valence-corrected chi connectivity index (χ4v) is 2.93. The predicted molar refractivity (Wildman–Crippen MR) is 86.1 cm³/mol. The monoisotopic (exact) mass is 367 g/mol. The van der Waals surface area contributed by atoms with E-state index in [1.165, 1.54) is 29.2 Å². The molecule has 0 radical (unpaired) electrons. The Balaban J connectivity index is 1.73. The maximum absolute atomic E-state index is 13.1. The molecule has 1 aliphatic heterocycles. The lowest BCUT2D eigenvalue weighted by atomic mass is 10.1. The van der Waals surface area contributed by atoms with Crippen LogP contribution in [0.5, 0.6) is 5.75 Å². The molecule has 3 rings (SSSR count). The van der Waals surface area contributed by atoms with E-state index in [4.69, 9.17) is 9.15 Å². The maximum Gasteiger partial charge on any atom is 0.417 e. The minimum atomic E-state index is -4.60. The molecule has 2 aromatic rings. The van der Waals surface area contributed by atoms with Gasteiger partial charge < -0.3 is 14.1 Å². The van der Waals surface area contributed by atoms with Gasteiger partial charge in [-0.15, -0.1) is 0 Å². The number of carbonyl (C=O) groups excluding carboxylic acids is 1. The van der Waals surface area contributed by atoms with Gasteiger partial charge in [0.25, 0.3) is 5.91 Å². The highest BCUT2D eigenvalue weighted by atomic mass is 19.4. The van der Waals surface area contributed by atoms with Crippen molar-refractivity contribution in [2.24, 2.45) is 0 Å². The molecule has 138 valence electrons. The van der Waals surface area contributed by atoms with Gasteiger partial charge in [-0.2, -0.15) is 13.2 Å². The molecule has 1 atom stereocenters. The van der Waals surface area contributed by atoms with Crippen molar-refractivity contribution in [2.45, 2.75) is 25.6 Å². The van der Waals surface area contributed by atoms with Crippen molar-refractivity contribution in [3.63, 3.8) is 0 Å². The van der Waals surface area contributed by atoms with Gasteiger partial charge in [-0.25, -0.2) is 4.79 Å². The third-order valence-corrected chi connectivity index (χ3v) is 4.07. The van der Waals surface area contributed by atoms with Crippen molar-refractivity contribution >= 4 is 5.91 Å². The summed E-state index contributed by atoms with van der Waals surface area (Å²) in [6.07, 6.45) is -4.55. The molecule has 2 heterocycles. The fraction of sp³-hybridized carbons (Fsp3) is 0.333. The number of aryl methyl sites for hydroxylation is 1. The number of carbonyl (C=O) groups is 1. The van der Waals surface area contributed by atoms with Gasteiger partial charge in [0.1, 0.15) is 17.6 Å². The Morgan fingerprint density at radius 3 is 2.69 bits per heavy atom. The Morgan fingerprint density at radius 1 is 1.27 bits per heavy atom. The van der Waals surface area contributed by atoms with E-state index >= 15 is 0 Å². The zero-order valence-electron chi connectivity index (χ0n) is 13.9. The number of halogens is 3. The first-order chi connectivity index (χ1) is 12.2. The van der Waals surface area contributed by atoms with Crippen LogP contribution in [-0.2, 0) is 6.18 Å². The van der Waals surface area contributed by atoms with Crippen LogP contribution in [0.1, 0.15) is 28.1 Å². The summed E-state index contributed by atoms with van der Waals surface area (Å²) >= 11 is 0. The lowest BCUT2D eigenvalue weighted by Crippen LogP contribution is -2.32. The van der Waals surface area contributed by atoms with E-state index in [0.29, 0.717) is 17.9 Å². The van der Waals surface area contributed by atoms with Gasteiger partial charge in [0.2, 0.25) is 0 Å². The third kappa shape index (κ3) is 3.89. The largest absolute Gasteiger partial charge is 0.488 e. The standard InChI is InChI=1S/C18H16F3NO4/c1-11-8-13(9-16(23)25-11)26-12-6-7-22(10-12)17(24)14-4-2-3-5-15(14)18(19,20)21/h2-5,8-9,12H,6-7,10H2,1H3. The molecule has 1 aliphatic rings. The molecule has 0 aliphatic carbocycles. The molecule has 0 N–H and O–H groups in total. The van der Waals surface area contributed by atoms with Gasteiger partial charge in [0.05, 0.1) is 23.7 Å². The summed E-state index contributed by atoms with van der Waals surface area (Å²) in [5.74, 6) is 0.0130. The second-order valence-electron chi connectivity index (χ2n) is 6.05. The number of rotatable bonds is 3. The van der Waals surface area contributed by atoms with Gasteiger partial charge in [0, 0.05) is 19.0 Å². The fourth-order valence-electron chi connectivity index (χ4n) is 2.93. The third-order valence-electron chi connectivity index (χ3n) is 4.07. The Labute approximate surface area is 147 Å². The lowest BCUT2D eigenvalue weighted by molar-refractivity contribution is -0.138. The van der Waals surface area contributed by atoms with Crippen LogP contribution in [0.25, 0.3) is 0 Å². The number of amides is 1. The molecule has 26 heavy (non-hydrogen) atoms. The van der Waals surface area contributed by atoms with E-state index in [1.807, 2.05) is 0 Å². The van der Waals surface area contributed by atoms with Gasteiger partial charge in [-0.3, -0.25) is 4.79 Å². The summed E-state index contributed by atoms with van der Waals surface area (Å²) in [5.41, 5.74) is -1.88. The molecule has 1 fully saturated rings. The van der Waals surface area contributed by atoms with Crippen molar-refractivity contribution in [1.29, 1.82) is 0 Å². The minimum Gasteiger partial charge on any atom is -0.488 e. The van der Waals surface area contributed by atoms with Gasteiger partial charge in [-0.05, 0) is 19.1 Å². The number of hydrogen-bond donors (Lipinski definition) is 0. The smallest absolute Gasteiger partial charge is 0.417 e. The first-order valence-corrected chi connectivity index (χ1v) is 7.98. The second kappa shape index (κ2) is 6.86. The van der Waals surface area contributed by atoms with Crippen molar-refractivity contribution in [3.05, 3.63) is 63.7 Å². The van der Waals surface area contributed by atoms with Gasteiger partial charge in [0.15, 0.2) is 0 Å². The average Bonchev–Trinajstić information content (AvgIpc) is 3.01. The molecule has 5 nitrogen and oxygen atoms in total. The van der Waals surface area contributed by atoms with E-state index in [1.54, 1.807) is 13.0 Å². The topological polar surface area (TPSA) is 59.8 Å². The molecule has 1 saturated heterocycles. The van der Waals surface area contributed by atoms with Crippen LogP contribution in [0.4, 0.5) is 13.2 Å². The van der Waals surface area contributed by atoms with Gasteiger partial charge >= 0.3 is 11.8 Å². The Kier molecular flexibility index (Phi) is 4.76. The highest BCUT2D eigenvalue weighted by molar-refractivity contribution is 5.96. The molecule has 1 amide bonds. The number of benzene rings is 1. The average molecular weight is 367 g/mol. The molecule has 0 saturated carbocycles. The molecular formula is C18H16F3NO4. The molecule has 0 spiro atoms. The van der Waals surface area contributed by atoms with E-state index in [2.05, 4.69) is 0 Å². The highest BCUT2D eigenvalue weighted by Crippen LogP contribution is 2.33. The Bertz CT molecular complexity index is 875. The van der Waals surface area contributed by atoms with Crippen molar-refractivity contribution in [1.82, 2.24) is 4.90 Å². The number of nitrogens with zero attached hydrogens (tertiary/aromatic N) is 1. The normalized spacial score (nSPS) is 17.4. The zero-order valence-corrected chi connectivity index (χ0v) is 13.9. The van der Waals surface area contributed by atoms with Crippen LogP contribution in [0.15, 0.2) is 45.6 Å². The van der Waals surface area contributed by atoms with E-state index in [0.717, 1.165) is 6.07 Å². The minimum absolute atomic E-state index is 0.143. The summed E-state index contributed by atoms with van der Waals surface area (Å²) in [6.45, 7) is 2.02. The molecule has 1 unspecified atom stereocenters. The summed E-state index contributed by atoms with van der Waals surface area (Å²) < 4.78 is 49.8. The summed E-state index contributed by atoms with van der Waals surface area (Å²) in [7, 11) is 0. The SMILES string of the molecule is Cc1cc(OC2CCN(C(=O)c3ccccc3C(F)(F)F)C2)cc(=O)o1. The first-order valence-electron chi connectivity index (χ1n) is 7.98. The summed E-state index contributed by atoms with van der Waals surface area (Å²) in [4.78, 5) is 25.2. The molecular weight excluding hydrogens is 351 g/mol. The van der Waals surface area contributed by atoms with Crippen LogP contribution in [-0.4, -0.2) is 30.0 Å². The van der Waals surface area contributed by atoms with E-state index in [9.17, 15) is 22.8 Å². The Hall–Kier alpha value is -2.77. The van der Waals surface area contributed by atoms with Crippen LogP contribution in [0, 0.1) is 6.92 Å². The number of ether oxygens (including phenoxy) is 1. The number of hydrogen-bond acceptors (Lipinski definition) is 4. The molecule has 1 aromatic carbocycles. The van der Waals surface area contributed by atoms with Crippen molar-refractivity contribution in [3.8, 4) is 5.75 Å². The second-order valence-corrected chi connectivity index (χ2v) is 6.05. The van der Waals surface area contributed by atoms with Crippen LogP contribution in [0.2, 0.25) is 0 Å². The maximum atomic E-state index is 13.1. The molecule has 1 aromatic heterocycles. The Morgan fingerprint density at radius 2 is 2.00 bits per heavy atom. The number of alkyl halides is 3. The van der Waals surface area contributed by atoms with E-state index in [-0.39, 0.29) is 18.7 Å². The van der Waals surface area contributed by atoms with E-state index < -0.39 is 29.4 Å². The predicted octanol–water partition coefficient (Wildman–Crippen LogP) is 3.26. The summed E-state index contributed by atoms with van der Waals surface area (Å²) in [5, 5.41) is 0. The quantitative estimate of drug-likeness (QED) is 0.836. The zero-order chi connectivity index (χ0) is 18.9. The van der Waals surface area contributed by atoms with Crippen LogP contribution >= 0.6 is 0 Å².